The van der Waals surface area contributed by atoms with Crippen LogP contribution in [0.2, 0.25) is 13.1 Å². The lowest BCUT2D eigenvalue weighted by Gasteiger charge is -2.26. The second-order valence-electron chi connectivity index (χ2n) is 5.40. The Balaban J connectivity index is 2.49. The van der Waals surface area contributed by atoms with Gasteiger partial charge in [0.05, 0.1) is 0 Å². The molecule has 0 saturated carbocycles. The van der Waals surface area contributed by atoms with Crippen molar-refractivity contribution < 1.29 is 52.8 Å². The van der Waals surface area contributed by atoms with E-state index in [1.807, 2.05) is 0 Å². The summed E-state index contributed by atoms with van der Waals surface area (Å²) in [6.45, 7) is 1.59. The van der Waals surface area contributed by atoms with Crippen molar-refractivity contribution in [2.45, 2.75) is 13.1 Å². The summed E-state index contributed by atoms with van der Waals surface area (Å²) < 4.78 is 142. The Morgan fingerprint density at radius 1 is 0.407 bits per heavy atom. The van der Waals surface area contributed by atoms with Crippen LogP contribution in [-0.4, -0.2) is 8.56 Å². The first-order valence-corrected chi connectivity index (χ1v) is 9.52. The maximum Gasteiger partial charge on any atom is 0.454 e. The van der Waals surface area contributed by atoms with Gasteiger partial charge in [0.1, 0.15) is 0 Å². The number of halogens is 10. The highest BCUT2D eigenvalue weighted by molar-refractivity contribution is 6.66. The minimum absolute atomic E-state index is 0.795. The van der Waals surface area contributed by atoms with Crippen molar-refractivity contribution in [3.63, 3.8) is 0 Å². The standard InChI is InChI=1S/C14H6F10O2Si/c1-27(2,25-13-9(21)5(17)3(15)6(18)10(13)22)26-14-11(23)7(19)4(16)8(20)12(14)24/h1-2H3. The summed E-state index contributed by atoms with van der Waals surface area (Å²) in [5, 5.41) is 0. The summed E-state index contributed by atoms with van der Waals surface area (Å²) in [6.07, 6.45) is 0. The molecule has 0 fully saturated rings. The van der Waals surface area contributed by atoms with Gasteiger partial charge in [-0.25, -0.2) is 26.3 Å². The van der Waals surface area contributed by atoms with Gasteiger partial charge in [-0.05, 0) is 0 Å². The molecule has 148 valence electrons. The fraction of sp³-hybridized carbons (Fsp3) is 0.143. The second-order valence-corrected chi connectivity index (χ2v) is 8.61. The summed E-state index contributed by atoms with van der Waals surface area (Å²) in [7, 11) is -4.31. The molecule has 0 aliphatic rings. The predicted octanol–water partition coefficient (Wildman–Crippen LogP) is 5.24. The van der Waals surface area contributed by atoms with E-state index in [0.29, 0.717) is 0 Å². The molecule has 2 rings (SSSR count). The van der Waals surface area contributed by atoms with Crippen molar-refractivity contribution in [1.29, 1.82) is 0 Å². The minimum atomic E-state index is -4.31. The average Bonchev–Trinajstić information content (AvgIpc) is 2.62. The lowest BCUT2D eigenvalue weighted by Crippen LogP contribution is -2.43. The topological polar surface area (TPSA) is 18.5 Å². The quantitative estimate of drug-likeness (QED) is 0.289. The molecule has 2 aromatic carbocycles. The predicted molar refractivity (Wildman–Crippen MR) is 71.2 cm³/mol. The maximum absolute atomic E-state index is 13.6. The van der Waals surface area contributed by atoms with E-state index in [-0.39, 0.29) is 0 Å². The van der Waals surface area contributed by atoms with Crippen LogP contribution in [0.25, 0.3) is 0 Å². The summed E-state index contributed by atoms with van der Waals surface area (Å²) in [5.74, 6) is -27.7. The molecule has 0 aromatic heterocycles. The van der Waals surface area contributed by atoms with Gasteiger partial charge in [0, 0.05) is 13.1 Å². The third kappa shape index (κ3) is 3.55. The van der Waals surface area contributed by atoms with Crippen LogP contribution in [0.5, 0.6) is 11.5 Å². The van der Waals surface area contributed by atoms with Crippen molar-refractivity contribution in [3.05, 3.63) is 58.2 Å². The summed E-state index contributed by atoms with van der Waals surface area (Å²) in [4.78, 5) is 0. The zero-order valence-electron chi connectivity index (χ0n) is 13.1. The number of rotatable bonds is 4. The fourth-order valence-electron chi connectivity index (χ4n) is 1.86. The lowest BCUT2D eigenvalue weighted by atomic mass is 10.3. The zero-order valence-corrected chi connectivity index (χ0v) is 14.1. The molecule has 0 saturated heterocycles. The highest BCUT2D eigenvalue weighted by atomic mass is 28.4. The molecular weight excluding hydrogens is 418 g/mol. The number of hydrogen-bond acceptors (Lipinski definition) is 2. The molecule has 0 aliphatic carbocycles. The van der Waals surface area contributed by atoms with E-state index in [4.69, 9.17) is 0 Å². The molecule has 0 radical (unpaired) electrons. The summed E-state index contributed by atoms with van der Waals surface area (Å²) in [5.41, 5.74) is 0. The first kappa shape index (κ1) is 20.9. The number of benzene rings is 2. The lowest BCUT2D eigenvalue weighted by molar-refractivity contribution is 0.302. The normalized spacial score (nSPS) is 11.7. The van der Waals surface area contributed by atoms with Gasteiger partial charge in [-0.15, -0.1) is 0 Å². The molecule has 0 amide bonds. The molecule has 0 N–H and O–H groups in total. The van der Waals surface area contributed by atoms with Crippen LogP contribution in [0.3, 0.4) is 0 Å². The Morgan fingerprint density at radius 3 is 0.815 bits per heavy atom. The van der Waals surface area contributed by atoms with Crippen LogP contribution in [0.4, 0.5) is 43.9 Å². The van der Waals surface area contributed by atoms with Gasteiger partial charge < -0.3 is 8.85 Å². The third-order valence-corrected chi connectivity index (χ3v) is 4.43. The van der Waals surface area contributed by atoms with Gasteiger partial charge >= 0.3 is 8.56 Å². The maximum atomic E-state index is 13.6. The summed E-state index contributed by atoms with van der Waals surface area (Å²) >= 11 is 0. The molecule has 0 aliphatic heterocycles. The summed E-state index contributed by atoms with van der Waals surface area (Å²) in [6, 6.07) is 0. The SMILES string of the molecule is C[Si](C)(Oc1c(F)c(F)c(F)c(F)c1F)Oc1c(F)c(F)c(F)c(F)c1F. The van der Waals surface area contributed by atoms with Crippen molar-refractivity contribution >= 4 is 8.56 Å². The minimum Gasteiger partial charge on any atom is -0.507 e. The third-order valence-electron chi connectivity index (χ3n) is 3.03. The molecule has 0 spiro atoms. The van der Waals surface area contributed by atoms with E-state index in [1.54, 1.807) is 0 Å². The monoisotopic (exact) mass is 424 g/mol. The molecule has 27 heavy (non-hydrogen) atoms. The average molecular weight is 424 g/mol. The van der Waals surface area contributed by atoms with Crippen LogP contribution in [0.1, 0.15) is 0 Å². The van der Waals surface area contributed by atoms with E-state index in [1.165, 1.54) is 0 Å². The van der Waals surface area contributed by atoms with Crippen LogP contribution in [0.15, 0.2) is 0 Å². The molecule has 13 heteroatoms. The van der Waals surface area contributed by atoms with Gasteiger partial charge in [-0.1, -0.05) is 0 Å². The van der Waals surface area contributed by atoms with Gasteiger partial charge in [-0.3, -0.25) is 0 Å². The molecule has 0 bridgehead atoms. The second kappa shape index (κ2) is 6.94. The first-order valence-electron chi connectivity index (χ1n) is 6.71. The zero-order chi connectivity index (χ0) is 20.8. The fourth-order valence-corrected chi connectivity index (χ4v) is 3.24. The molecule has 2 aromatic rings. The Hall–Kier alpha value is -2.44. The largest absolute Gasteiger partial charge is 0.507 e. The molecule has 0 atom stereocenters. The molecule has 2 nitrogen and oxygen atoms in total. The smallest absolute Gasteiger partial charge is 0.454 e. The molecule has 0 heterocycles. The van der Waals surface area contributed by atoms with E-state index in [9.17, 15) is 43.9 Å². The Morgan fingerprint density at radius 2 is 0.593 bits per heavy atom. The van der Waals surface area contributed by atoms with E-state index in [2.05, 4.69) is 8.85 Å². The Kier molecular flexibility index (Phi) is 5.36. The van der Waals surface area contributed by atoms with Crippen LogP contribution >= 0.6 is 0 Å². The Labute approximate surface area is 145 Å². The van der Waals surface area contributed by atoms with Crippen LogP contribution < -0.4 is 8.85 Å². The van der Waals surface area contributed by atoms with E-state index >= 15 is 0 Å². The molecule has 0 unspecified atom stereocenters. The molecular formula is C14H6F10O2Si. The van der Waals surface area contributed by atoms with Crippen LogP contribution in [0, 0.1) is 58.2 Å². The van der Waals surface area contributed by atoms with Crippen molar-refractivity contribution in [1.82, 2.24) is 0 Å². The highest BCUT2D eigenvalue weighted by Gasteiger charge is 2.38. The van der Waals surface area contributed by atoms with Gasteiger partial charge in [0.15, 0.2) is 11.5 Å². The van der Waals surface area contributed by atoms with Gasteiger partial charge in [0.25, 0.3) is 0 Å². The highest BCUT2D eigenvalue weighted by Crippen LogP contribution is 2.34. The van der Waals surface area contributed by atoms with Crippen molar-refractivity contribution in [3.8, 4) is 11.5 Å². The first-order chi connectivity index (χ1) is 12.3. The Bertz CT molecular complexity index is 800. The van der Waals surface area contributed by atoms with E-state index in [0.717, 1.165) is 13.1 Å². The van der Waals surface area contributed by atoms with Crippen molar-refractivity contribution in [2.75, 3.05) is 0 Å². The number of hydrogen-bond donors (Lipinski definition) is 0. The van der Waals surface area contributed by atoms with Gasteiger partial charge in [0.2, 0.25) is 58.2 Å². The van der Waals surface area contributed by atoms with Crippen LogP contribution in [-0.2, 0) is 0 Å². The van der Waals surface area contributed by atoms with Gasteiger partial charge in [-0.2, -0.15) is 17.6 Å². The van der Waals surface area contributed by atoms with E-state index < -0.39 is 78.2 Å². The van der Waals surface area contributed by atoms with Crippen molar-refractivity contribution in [2.24, 2.45) is 0 Å².